The van der Waals surface area contributed by atoms with Gasteiger partial charge in [0.25, 0.3) is 0 Å². The standard InChI is InChI=1S/C7H11NO2/c1-2-7(6-9-4-1)8-3-5-10-7/h1-2,8H,3-6H2. The molecule has 2 aliphatic heterocycles. The van der Waals surface area contributed by atoms with Crippen molar-refractivity contribution >= 4 is 0 Å². The minimum atomic E-state index is -0.280. The average molecular weight is 141 g/mol. The lowest BCUT2D eigenvalue weighted by Gasteiger charge is -2.27. The Kier molecular flexibility index (Phi) is 1.48. The molecule has 3 nitrogen and oxygen atoms in total. The molecule has 0 radical (unpaired) electrons. The molecule has 0 aromatic heterocycles. The minimum absolute atomic E-state index is 0.280. The lowest BCUT2D eigenvalue weighted by molar-refractivity contribution is -0.0458. The lowest BCUT2D eigenvalue weighted by Crippen LogP contribution is -2.45. The summed E-state index contributed by atoms with van der Waals surface area (Å²) in [6.07, 6.45) is 4.03. The fourth-order valence-electron chi connectivity index (χ4n) is 1.31. The number of ether oxygens (including phenoxy) is 2. The van der Waals surface area contributed by atoms with Gasteiger partial charge in [0.1, 0.15) is 0 Å². The van der Waals surface area contributed by atoms with Crippen LogP contribution in [0.15, 0.2) is 12.2 Å². The van der Waals surface area contributed by atoms with E-state index in [1.807, 2.05) is 12.2 Å². The highest BCUT2D eigenvalue weighted by Gasteiger charge is 2.33. The molecule has 3 heteroatoms. The van der Waals surface area contributed by atoms with Crippen LogP contribution in [0.3, 0.4) is 0 Å². The highest BCUT2D eigenvalue weighted by atomic mass is 16.6. The van der Waals surface area contributed by atoms with E-state index in [-0.39, 0.29) is 5.72 Å². The van der Waals surface area contributed by atoms with Gasteiger partial charge < -0.3 is 9.47 Å². The normalized spacial score (nSPS) is 39.2. The van der Waals surface area contributed by atoms with Gasteiger partial charge in [0.15, 0.2) is 5.72 Å². The predicted octanol–water partition coefficient (Wildman–Crippen LogP) is -0.111. The molecule has 1 atom stereocenters. The van der Waals surface area contributed by atoms with Crippen LogP contribution >= 0.6 is 0 Å². The van der Waals surface area contributed by atoms with Crippen LogP contribution in [0.1, 0.15) is 0 Å². The molecule has 2 aliphatic rings. The summed E-state index contributed by atoms with van der Waals surface area (Å²) in [6.45, 7) is 3.07. The Morgan fingerprint density at radius 1 is 1.50 bits per heavy atom. The fourth-order valence-corrected chi connectivity index (χ4v) is 1.31. The van der Waals surface area contributed by atoms with E-state index in [0.717, 1.165) is 13.2 Å². The zero-order valence-electron chi connectivity index (χ0n) is 5.80. The third-order valence-corrected chi connectivity index (χ3v) is 1.80. The Bertz CT molecular complexity index is 150. The summed E-state index contributed by atoms with van der Waals surface area (Å²) in [5.74, 6) is 0. The van der Waals surface area contributed by atoms with Crippen LogP contribution in [0.4, 0.5) is 0 Å². The second-order valence-corrected chi connectivity index (χ2v) is 2.58. The number of hydrogen-bond donors (Lipinski definition) is 1. The first-order chi connectivity index (χ1) is 4.91. The molecule has 0 aliphatic carbocycles. The Balaban J connectivity index is 2.11. The van der Waals surface area contributed by atoms with Gasteiger partial charge in [0, 0.05) is 6.54 Å². The Hall–Kier alpha value is -0.380. The summed E-state index contributed by atoms with van der Waals surface area (Å²) in [5, 5.41) is 3.24. The number of nitrogens with one attached hydrogen (secondary N) is 1. The van der Waals surface area contributed by atoms with Crippen molar-refractivity contribution in [3.8, 4) is 0 Å². The zero-order chi connectivity index (χ0) is 6.86. The van der Waals surface area contributed by atoms with Crippen LogP contribution in [0, 0.1) is 0 Å². The molecule has 2 rings (SSSR count). The molecule has 1 unspecified atom stereocenters. The van der Waals surface area contributed by atoms with Crippen LogP contribution in [0.25, 0.3) is 0 Å². The van der Waals surface area contributed by atoms with Crippen molar-refractivity contribution in [2.75, 3.05) is 26.4 Å². The maximum atomic E-state index is 5.46. The van der Waals surface area contributed by atoms with Gasteiger partial charge in [0.2, 0.25) is 0 Å². The van der Waals surface area contributed by atoms with E-state index < -0.39 is 0 Å². The lowest BCUT2D eigenvalue weighted by atomic mass is 10.2. The van der Waals surface area contributed by atoms with Crippen molar-refractivity contribution in [1.82, 2.24) is 5.32 Å². The molecule has 10 heavy (non-hydrogen) atoms. The monoisotopic (exact) mass is 141 g/mol. The Morgan fingerprint density at radius 3 is 3.10 bits per heavy atom. The Morgan fingerprint density at radius 2 is 2.50 bits per heavy atom. The van der Waals surface area contributed by atoms with Gasteiger partial charge in [-0.15, -0.1) is 0 Å². The van der Waals surface area contributed by atoms with Crippen LogP contribution in [-0.2, 0) is 9.47 Å². The van der Waals surface area contributed by atoms with E-state index in [2.05, 4.69) is 5.32 Å². The van der Waals surface area contributed by atoms with Gasteiger partial charge in [-0.2, -0.15) is 0 Å². The van der Waals surface area contributed by atoms with Crippen molar-refractivity contribution in [3.63, 3.8) is 0 Å². The second kappa shape index (κ2) is 2.34. The SMILES string of the molecule is C1=CC2(COC1)NCCO2. The number of hydrogen-bond acceptors (Lipinski definition) is 3. The molecule has 0 amide bonds. The minimum Gasteiger partial charge on any atom is -0.373 e. The molecule has 2 heterocycles. The zero-order valence-corrected chi connectivity index (χ0v) is 5.80. The van der Waals surface area contributed by atoms with Crippen molar-refractivity contribution in [2.24, 2.45) is 0 Å². The van der Waals surface area contributed by atoms with Gasteiger partial charge in [-0.1, -0.05) is 6.08 Å². The summed E-state index contributed by atoms with van der Waals surface area (Å²) in [4.78, 5) is 0. The maximum Gasteiger partial charge on any atom is 0.162 e. The molecule has 1 spiro atoms. The highest BCUT2D eigenvalue weighted by Crippen LogP contribution is 2.17. The first kappa shape index (κ1) is 6.34. The average Bonchev–Trinajstić information content (AvgIpc) is 2.39. The Labute approximate surface area is 60.0 Å². The molecule has 1 fully saturated rings. The van der Waals surface area contributed by atoms with Gasteiger partial charge in [0.05, 0.1) is 19.8 Å². The van der Waals surface area contributed by atoms with Crippen molar-refractivity contribution in [2.45, 2.75) is 5.72 Å². The molecule has 0 saturated carbocycles. The van der Waals surface area contributed by atoms with Crippen molar-refractivity contribution < 1.29 is 9.47 Å². The summed E-state index contributed by atoms with van der Waals surface area (Å²) in [7, 11) is 0. The van der Waals surface area contributed by atoms with E-state index in [0.29, 0.717) is 13.2 Å². The third kappa shape index (κ3) is 0.963. The number of rotatable bonds is 0. The second-order valence-electron chi connectivity index (χ2n) is 2.58. The van der Waals surface area contributed by atoms with Crippen LogP contribution in [-0.4, -0.2) is 32.1 Å². The molecule has 56 valence electrons. The van der Waals surface area contributed by atoms with Crippen molar-refractivity contribution in [3.05, 3.63) is 12.2 Å². The molecule has 1 saturated heterocycles. The van der Waals surface area contributed by atoms with Crippen molar-refractivity contribution in [1.29, 1.82) is 0 Å². The fraction of sp³-hybridized carbons (Fsp3) is 0.714. The first-order valence-electron chi connectivity index (χ1n) is 3.56. The van der Waals surface area contributed by atoms with E-state index in [1.54, 1.807) is 0 Å². The molecule has 1 N–H and O–H groups in total. The summed E-state index contributed by atoms with van der Waals surface area (Å²) < 4.78 is 10.7. The van der Waals surface area contributed by atoms with Gasteiger partial charge in [-0.25, -0.2) is 0 Å². The van der Waals surface area contributed by atoms with E-state index in [1.165, 1.54) is 0 Å². The summed E-state index contributed by atoms with van der Waals surface area (Å²) in [6, 6.07) is 0. The topological polar surface area (TPSA) is 30.5 Å². The molecule has 0 aromatic rings. The van der Waals surface area contributed by atoms with Crippen LogP contribution < -0.4 is 5.32 Å². The van der Waals surface area contributed by atoms with E-state index in [4.69, 9.17) is 9.47 Å². The van der Waals surface area contributed by atoms with E-state index in [9.17, 15) is 0 Å². The largest absolute Gasteiger partial charge is 0.373 e. The van der Waals surface area contributed by atoms with Gasteiger partial charge in [-0.05, 0) is 6.08 Å². The molecule has 0 aromatic carbocycles. The van der Waals surface area contributed by atoms with Gasteiger partial charge in [-0.3, -0.25) is 5.32 Å². The molecular weight excluding hydrogens is 130 g/mol. The van der Waals surface area contributed by atoms with E-state index >= 15 is 0 Å². The van der Waals surface area contributed by atoms with Crippen LogP contribution in [0.2, 0.25) is 0 Å². The third-order valence-electron chi connectivity index (χ3n) is 1.80. The smallest absolute Gasteiger partial charge is 0.162 e. The quantitative estimate of drug-likeness (QED) is 0.477. The van der Waals surface area contributed by atoms with Crippen LogP contribution in [0.5, 0.6) is 0 Å². The van der Waals surface area contributed by atoms with Gasteiger partial charge >= 0.3 is 0 Å². The summed E-state index contributed by atoms with van der Waals surface area (Å²) >= 11 is 0. The highest BCUT2D eigenvalue weighted by molar-refractivity contribution is 5.05. The molecular formula is C7H11NO2. The molecule has 0 bridgehead atoms. The summed E-state index contributed by atoms with van der Waals surface area (Å²) in [5.41, 5.74) is -0.280. The maximum absolute atomic E-state index is 5.46. The first-order valence-corrected chi connectivity index (χ1v) is 3.56. The predicted molar refractivity (Wildman–Crippen MR) is 36.6 cm³/mol.